The third kappa shape index (κ3) is 1.93. The molecule has 0 saturated heterocycles. The largest absolute Gasteiger partial charge is 0.150 e. The number of aromatic nitrogens is 2. The van der Waals surface area contributed by atoms with Crippen LogP contribution in [0.25, 0.3) is 22.5 Å². The van der Waals surface area contributed by atoms with Gasteiger partial charge < -0.3 is 0 Å². The third-order valence-corrected chi connectivity index (χ3v) is 4.39. The Labute approximate surface area is 131 Å². The van der Waals surface area contributed by atoms with Gasteiger partial charge in [-0.05, 0) is 51.9 Å². The SMILES string of the molecule is Ic1ccc(-c2cc3c(nn2)-c2ccccc2C3)cc1. The number of halogens is 1. The van der Waals surface area contributed by atoms with E-state index in [1.165, 1.54) is 20.3 Å². The van der Waals surface area contributed by atoms with Crippen molar-refractivity contribution < 1.29 is 0 Å². The standard InChI is InChI=1S/C17H11IN2/c18-14-7-5-11(6-8-14)16-10-13-9-12-3-1-2-4-15(12)17(13)20-19-16/h1-8,10H,9H2. The Kier molecular flexibility index (Phi) is 2.80. The zero-order valence-electron chi connectivity index (χ0n) is 10.7. The van der Waals surface area contributed by atoms with Crippen LogP contribution >= 0.6 is 22.6 Å². The van der Waals surface area contributed by atoms with E-state index in [4.69, 9.17) is 0 Å². The molecule has 3 aromatic rings. The summed E-state index contributed by atoms with van der Waals surface area (Å²) in [4.78, 5) is 0. The summed E-state index contributed by atoms with van der Waals surface area (Å²) in [6.07, 6.45) is 0.957. The molecule has 1 aliphatic carbocycles. The van der Waals surface area contributed by atoms with Gasteiger partial charge in [0, 0.05) is 21.1 Å². The molecule has 0 amide bonds. The molecule has 1 aliphatic rings. The summed E-state index contributed by atoms with van der Waals surface area (Å²) in [6, 6.07) is 19.0. The highest BCUT2D eigenvalue weighted by Crippen LogP contribution is 2.35. The van der Waals surface area contributed by atoms with Crippen LogP contribution in [-0.2, 0) is 6.42 Å². The van der Waals surface area contributed by atoms with E-state index >= 15 is 0 Å². The zero-order valence-corrected chi connectivity index (χ0v) is 12.8. The number of benzene rings is 2. The van der Waals surface area contributed by atoms with Gasteiger partial charge in [0.1, 0.15) is 0 Å². The van der Waals surface area contributed by atoms with Crippen LogP contribution in [0.5, 0.6) is 0 Å². The van der Waals surface area contributed by atoms with E-state index in [1.54, 1.807) is 0 Å². The van der Waals surface area contributed by atoms with E-state index in [0.29, 0.717) is 0 Å². The predicted octanol–water partition coefficient (Wildman–Crippen LogP) is 4.32. The molecule has 96 valence electrons. The van der Waals surface area contributed by atoms with E-state index in [-0.39, 0.29) is 0 Å². The van der Waals surface area contributed by atoms with Crippen molar-refractivity contribution in [2.24, 2.45) is 0 Å². The Balaban J connectivity index is 1.80. The first-order valence-corrected chi connectivity index (χ1v) is 7.60. The molecule has 0 atom stereocenters. The number of rotatable bonds is 1. The highest BCUT2D eigenvalue weighted by Gasteiger charge is 2.20. The number of nitrogens with zero attached hydrogens (tertiary/aromatic N) is 2. The molecule has 1 aromatic heterocycles. The van der Waals surface area contributed by atoms with Gasteiger partial charge in [-0.1, -0.05) is 36.4 Å². The molecule has 2 aromatic carbocycles. The number of hydrogen-bond donors (Lipinski definition) is 0. The normalized spacial score (nSPS) is 12.1. The van der Waals surface area contributed by atoms with Crippen LogP contribution < -0.4 is 0 Å². The summed E-state index contributed by atoms with van der Waals surface area (Å²) in [5.74, 6) is 0. The summed E-state index contributed by atoms with van der Waals surface area (Å²) >= 11 is 2.31. The van der Waals surface area contributed by atoms with Crippen LogP contribution in [0.2, 0.25) is 0 Å². The van der Waals surface area contributed by atoms with E-state index in [1.807, 2.05) is 0 Å². The van der Waals surface area contributed by atoms with Gasteiger partial charge in [-0.15, -0.1) is 10.2 Å². The van der Waals surface area contributed by atoms with Gasteiger partial charge in [0.05, 0.1) is 11.4 Å². The summed E-state index contributed by atoms with van der Waals surface area (Å²) in [6.45, 7) is 0. The minimum Gasteiger partial charge on any atom is -0.150 e. The molecule has 0 fully saturated rings. The minimum absolute atomic E-state index is 0.952. The maximum absolute atomic E-state index is 4.45. The first-order valence-electron chi connectivity index (χ1n) is 6.52. The third-order valence-electron chi connectivity index (χ3n) is 3.67. The molecule has 0 unspecified atom stereocenters. The van der Waals surface area contributed by atoms with Crippen molar-refractivity contribution in [1.29, 1.82) is 0 Å². The molecular formula is C17H11IN2. The van der Waals surface area contributed by atoms with Crippen LogP contribution in [0.3, 0.4) is 0 Å². The van der Waals surface area contributed by atoms with Crippen molar-refractivity contribution in [3.8, 4) is 22.5 Å². The van der Waals surface area contributed by atoms with E-state index in [0.717, 1.165) is 23.4 Å². The molecule has 2 nitrogen and oxygen atoms in total. The molecular weight excluding hydrogens is 359 g/mol. The highest BCUT2D eigenvalue weighted by atomic mass is 127. The van der Waals surface area contributed by atoms with Gasteiger partial charge in [-0.25, -0.2) is 0 Å². The zero-order chi connectivity index (χ0) is 13.5. The second kappa shape index (κ2) is 4.66. The molecule has 1 heterocycles. The molecule has 0 bridgehead atoms. The van der Waals surface area contributed by atoms with Crippen molar-refractivity contribution in [1.82, 2.24) is 10.2 Å². The lowest BCUT2D eigenvalue weighted by atomic mass is 10.1. The molecule has 4 rings (SSSR count). The Morgan fingerprint density at radius 3 is 2.50 bits per heavy atom. The monoisotopic (exact) mass is 370 g/mol. The maximum atomic E-state index is 4.45. The number of fused-ring (bicyclic) bond motifs is 3. The van der Waals surface area contributed by atoms with Crippen molar-refractivity contribution in [2.75, 3.05) is 0 Å². The van der Waals surface area contributed by atoms with Crippen molar-refractivity contribution >= 4 is 22.6 Å². The van der Waals surface area contributed by atoms with Crippen molar-refractivity contribution in [2.45, 2.75) is 6.42 Å². The maximum Gasteiger partial charge on any atom is 0.0968 e. The number of hydrogen-bond acceptors (Lipinski definition) is 2. The molecule has 20 heavy (non-hydrogen) atoms. The average molecular weight is 370 g/mol. The summed E-state index contributed by atoms with van der Waals surface area (Å²) in [5, 5.41) is 8.84. The first kappa shape index (κ1) is 12.0. The second-order valence-electron chi connectivity index (χ2n) is 4.94. The molecule has 0 radical (unpaired) electrons. The Bertz CT molecular complexity index is 794. The Morgan fingerprint density at radius 1 is 0.850 bits per heavy atom. The van der Waals surface area contributed by atoms with Crippen molar-refractivity contribution in [3.63, 3.8) is 0 Å². The van der Waals surface area contributed by atoms with Gasteiger partial charge in [-0.2, -0.15) is 0 Å². The van der Waals surface area contributed by atoms with Crippen LogP contribution in [-0.4, -0.2) is 10.2 Å². The molecule has 0 N–H and O–H groups in total. The van der Waals surface area contributed by atoms with E-state index in [9.17, 15) is 0 Å². The summed E-state index contributed by atoms with van der Waals surface area (Å²) in [5.41, 5.74) is 6.95. The fourth-order valence-corrected chi connectivity index (χ4v) is 3.02. The van der Waals surface area contributed by atoms with Gasteiger partial charge in [0.15, 0.2) is 0 Å². The van der Waals surface area contributed by atoms with Crippen LogP contribution in [0.1, 0.15) is 11.1 Å². The lowest BCUT2D eigenvalue weighted by Crippen LogP contribution is -1.92. The lowest BCUT2D eigenvalue weighted by molar-refractivity contribution is 1.03. The smallest absolute Gasteiger partial charge is 0.0968 e. The Morgan fingerprint density at radius 2 is 1.65 bits per heavy atom. The quantitative estimate of drug-likeness (QED) is 0.467. The summed E-state index contributed by atoms with van der Waals surface area (Å²) in [7, 11) is 0. The molecule has 0 aliphatic heterocycles. The molecule has 0 saturated carbocycles. The van der Waals surface area contributed by atoms with Gasteiger partial charge in [-0.3, -0.25) is 0 Å². The average Bonchev–Trinajstić information content (AvgIpc) is 2.85. The van der Waals surface area contributed by atoms with Gasteiger partial charge in [0.2, 0.25) is 0 Å². The first-order chi connectivity index (χ1) is 9.81. The predicted molar refractivity (Wildman–Crippen MR) is 88.4 cm³/mol. The van der Waals surface area contributed by atoms with Crippen molar-refractivity contribution in [3.05, 3.63) is 69.3 Å². The topological polar surface area (TPSA) is 25.8 Å². The van der Waals surface area contributed by atoms with Crippen LogP contribution in [0.15, 0.2) is 54.6 Å². The van der Waals surface area contributed by atoms with Gasteiger partial charge >= 0.3 is 0 Å². The second-order valence-corrected chi connectivity index (χ2v) is 6.19. The van der Waals surface area contributed by atoms with Crippen LogP contribution in [0.4, 0.5) is 0 Å². The van der Waals surface area contributed by atoms with Crippen LogP contribution in [0, 0.1) is 3.57 Å². The van der Waals surface area contributed by atoms with Gasteiger partial charge in [0.25, 0.3) is 0 Å². The van der Waals surface area contributed by atoms with E-state index < -0.39 is 0 Å². The fraction of sp³-hybridized carbons (Fsp3) is 0.0588. The summed E-state index contributed by atoms with van der Waals surface area (Å²) < 4.78 is 1.23. The molecule has 0 spiro atoms. The highest BCUT2D eigenvalue weighted by molar-refractivity contribution is 14.1. The fourth-order valence-electron chi connectivity index (χ4n) is 2.66. The minimum atomic E-state index is 0.952. The lowest BCUT2D eigenvalue weighted by Gasteiger charge is -2.03. The molecule has 3 heteroatoms. The van der Waals surface area contributed by atoms with E-state index in [2.05, 4.69) is 87.4 Å². The Hall–Kier alpha value is -1.75.